The smallest absolute Gasteiger partial charge is 0.210 e. The Morgan fingerprint density at radius 1 is 1.23 bits per heavy atom. The molecule has 0 aromatic heterocycles. The van der Waals surface area contributed by atoms with Crippen LogP contribution < -0.4 is 0 Å². The zero-order valence-corrected chi connectivity index (χ0v) is 10.0. The van der Waals surface area contributed by atoms with Gasteiger partial charge in [-0.1, -0.05) is 46.4 Å². The number of alkyl halides is 4. The predicted octanol–water partition coefficient (Wildman–Crippen LogP) is 2.71. The Kier molecular flexibility index (Phi) is 3.12. The lowest BCUT2D eigenvalue weighted by atomic mass is 9.90. The lowest BCUT2D eigenvalue weighted by Crippen LogP contribution is -2.69. The van der Waals surface area contributed by atoms with Crippen molar-refractivity contribution in [2.24, 2.45) is 0 Å². The third kappa shape index (κ3) is 1.80. The van der Waals surface area contributed by atoms with E-state index in [-0.39, 0.29) is 6.10 Å². The van der Waals surface area contributed by atoms with Gasteiger partial charge in [0.05, 0.1) is 6.10 Å². The van der Waals surface area contributed by atoms with Gasteiger partial charge in [-0.25, -0.2) is 0 Å². The van der Waals surface area contributed by atoms with Crippen LogP contribution in [0.15, 0.2) is 0 Å². The summed E-state index contributed by atoms with van der Waals surface area (Å²) in [7, 11) is 0. The van der Waals surface area contributed by atoms with Crippen LogP contribution in [0.5, 0.6) is 0 Å². The first kappa shape index (κ1) is 11.9. The number of carbonyl (C=O) groups is 1. The van der Waals surface area contributed by atoms with E-state index in [0.717, 1.165) is 0 Å². The van der Waals surface area contributed by atoms with Crippen LogP contribution in [0.1, 0.15) is 13.8 Å². The van der Waals surface area contributed by atoms with Gasteiger partial charge in [0.15, 0.2) is 0 Å². The molecule has 1 saturated carbocycles. The normalized spacial score (nSPS) is 26.2. The van der Waals surface area contributed by atoms with Gasteiger partial charge in [0.25, 0.3) is 0 Å². The minimum absolute atomic E-state index is 0.146. The van der Waals surface area contributed by atoms with Crippen LogP contribution in [0.2, 0.25) is 0 Å². The molecule has 0 spiro atoms. The summed E-state index contributed by atoms with van der Waals surface area (Å²) < 4.78 is 2.00. The van der Waals surface area contributed by atoms with Crippen LogP contribution in [0, 0.1) is 0 Å². The number of Topliss-reactive ketones (excluding diaryl/α,β-unsaturated/α-hetero) is 1. The number of hydrogen-bond donors (Lipinski definition) is 0. The molecule has 0 amide bonds. The average Bonchev–Trinajstić information content (AvgIpc) is 1.98. The second-order valence-electron chi connectivity index (χ2n) is 3.14. The molecule has 1 fully saturated rings. The van der Waals surface area contributed by atoms with Gasteiger partial charge in [0.1, 0.15) is 6.10 Å². The number of halogens is 4. The first-order valence-corrected chi connectivity index (χ1v) is 5.18. The third-order valence-corrected chi connectivity index (χ3v) is 3.15. The van der Waals surface area contributed by atoms with Crippen LogP contribution in [0.3, 0.4) is 0 Å². The SMILES string of the molecule is CC(C)OC1C(Cl)(Cl)C(=O)C1(Cl)Cl. The molecule has 0 saturated heterocycles. The Balaban J connectivity index is 2.79. The summed E-state index contributed by atoms with van der Waals surface area (Å²) in [5, 5.41) is 0. The highest BCUT2D eigenvalue weighted by Crippen LogP contribution is 2.54. The Morgan fingerprint density at radius 2 is 1.62 bits per heavy atom. The van der Waals surface area contributed by atoms with E-state index in [9.17, 15) is 4.79 Å². The number of carbonyl (C=O) groups excluding carboxylic acids is 1. The molecule has 1 aliphatic rings. The van der Waals surface area contributed by atoms with Crippen LogP contribution in [-0.2, 0) is 9.53 Å². The largest absolute Gasteiger partial charge is 0.368 e. The molecule has 0 unspecified atom stereocenters. The molecule has 0 aromatic carbocycles. The van der Waals surface area contributed by atoms with Gasteiger partial charge in [-0.2, -0.15) is 0 Å². The number of rotatable bonds is 2. The van der Waals surface area contributed by atoms with Crippen LogP contribution in [0.25, 0.3) is 0 Å². The Morgan fingerprint density at radius 3 is 1.92 bits per heavy atom. The molecule has 0 radical (unpaired) electrons. The summed E-state index contributed by atoms with van der Waals surface area (Å²) in [6.07, 6.45) is -1.02. The van der Waals surface area contributed by atoms with E-state index in [0.29, 0.717) is 0 Å². The van der Waals surface area contributed by atoms with Crippen molar-refractivity contribution in [3.05, 3.63) is 0 Å². The molecule has 0 atom stereocenters. The van der Waals surface area contributed by atoms with E-state index < -0.39 is 20.6 Å². The van der Waals surface area contributed by atoms with Crippen LogP contribution >= 0.6 is 46.4 Å². The van der Waals surface area contributed by atoms with E-state index in [2.05, 4.69) is 0 Å². The van der Waals surface area contributed by atoms with Crippen LogP contribution in [0.4, 0.5) is 0 Å². The average molecular weight is 266 g/mol. The second-order valence-corrected chi connectivity index (χ2v) is 5.91. The highest BCUT2D eigenvalue weighted by atomic mass is 35.5. The molecule has 0 N–H and O–H groups in total. The van der Waals surface area contributed by atoms with Crippen molar-refractivity contribution in [1.29, 1.82) is 0 Å². The molecular formula is C7H8Cl4O2. The lowest BCUT2D eigenvalue weighted by molar-refractivity contribution is -0.141. The van der Waals surface area contributed by atoms with E-state index in [1.54, 1.807) is 13.8 Å². The monoisotopic (exact) mass is 264 g/mol. The van der Waals surface area contributed by atoms with Gasteiger partial charge in [0.2, 0.25) is 14.4 Å². The highest BCUT2D eigenvalue weighted by molar-refractivity contribution is 6.74. The van der Waals surface area contributed by atoms with Gasteiger partial charge in [-0.15, -0.1) is 0 Å². The van der Waals surface area contributed by atoms with E-state index in [4.69, 9.17) is 51.1 Å². The van der Waals surface area contributed by atoms with Crippen molar-refractivity contribution in [1.82, 2.24) is 0 Å². The standard InChI is InChI=1S/C7H8Cl4O2/c1-3(2)13-5-6(8,9)4(12)7(5,10)11/h3,5H,1-2H3. The first-order chi connectivity index (χ1) is 5.70. The van der Waals surface area contributed by atoms with Gasteiger partial charge in [0, 0.05) is 0 Å². The second kappa shape index (κ2) is 3.42. The molecular weight excluding hydrogens is 258 g/mol. The van der Waals surface area contributed by atoms with Crippen molar-refractivity contribution in [2.45, 2.75) is 34.7 Å². The fourth-order valence-corrected chi connectivity index (χ4v) is 2.93. The van der Waals surface area contributed by atoms with Gasteiger partial charge >= 0.3 is 0 Å². The van der Waals surface area contributed by atoms with Crippen molar-refractivity contribution in [2.75, 3.05) is 0 Å². The van der Waals surface area contributed by atoms with Crippen molar-refractivity contribution < 1.29 is 9.53 Å². The zero-order valence-electron chi connectivity index (χ0n) is 6.98. The highest BCUT2D eigenvalue weighted by Gasteiger charge is 2.71. The molecule has 6 heteroatoms. The number of ether oxygens (including phenoxy) is 1. The number of hydrogen-bond acceptors (Lipinski definition) is 2. The summed E-state index contributed by atoms with van der Waals surface area (Å²) >= 11 is 22.7. The molecule has 0 heterocycles. The van der Waals surface area contributed by atoms with Gasteiger partial charge < -0.3 is 4.74 Å². The first-order valence-electron chi connectivity index (χ1n) is 3.66. The Labute approximate surface area is 96.4 Å². The topological polar surface area (TPSA) is 26.3 Å². The molecule has 13 heavy (non-hydrogen) atoms. The maximum atomic E-state index is 11.2. The summed E-state index contributed by atoms with van der Waals surface area (Å²) in [5.74, 6) is -0.627. The van der Waals surface area contributed by atoms with E-state index in [1.165, 1.54) is 0 Å². The fraction of sp³-hybridized carbons (Fsp3) is 0.857. The van der Waals surface area contributed by atoms with Crippen molar-refractivity contribution >= 4 is 52.2 Å². The summed E-state index contributed by atoms with van der Waals surface area (Å²) in [4.78, 5) is 11.2. The quantitative estimate of drug-likeness (QED) is 0.718. The molecule has 0 bridgehead atoms. The zero-order chi connectivity index (χ0) is 10.4. The molecule has 2 nitrogen and oxygen atoms in total. The van der Waals surface area contributed by atoms with Gasteiger partial charge in [-0.3, -0.25) is 4.79 Å². The summed E-state index contributed by atoms with van der Waals surface area (Å²) in [6, 6.07) is 0. The van der Waals surface area contributed by atoms with Crippen molar-refractivity contribution in [3.8, 4) is 0 Å². The minimum atomic E-state index is -1.62. The number of ketones is 1. The molecule has 0 aliphatic heterocycles. The Bertz CT molecular complexity index is 219. The lowest BCUT2D eigenvalue weighted by Gasteiger charge is -2.47. The maximum absolute atomic E-state index is 11.2. The molecule has 0 aromatic rings. The van der Waals surface area contributed by atoms with Crippen LogP contribution in [-0.4, -0.2) is 26.7 Å². The van der Waals surface area contributed by atoms with E-state index >= 15 is 0 Å². The summed E-state index contributed by atoms with van der Waals surface area (Å²) in [6.45, 7) is 3.55. The molecule has 1 aliphatic carbocycles. The Hall–Kier alpha value is 0.790. The van der Waals surface area contributed by atoms with E-state index in [1.807, 2.05) is 0 Å². The third-order valence-electron chi connectivity index (χ3n) is 1.67. The van der Waals surface area contributed by atoms with Gasteiger partial charge in [-0.05, 0) is 13.8 Å². The molecule has 76 valence electrons. The minimum Gasteiger partial charge on any atom is -0.368 e. The molecule has 1 rings (SSSR count). The predicted molar refractivity (Wildman–Crippen MR) is 53.9 cm³/mol. The van der Waals surface area contributed by atoms with Crippen molar-refractivity contribution in [3.63, 3.8) is 0 Å². The fourth-order valence-electron chi connectivity index (χ4n) is 1.05. The maximum Gasteiger partial charge on any atom is 0.210 e. The summed E-state index contributed by atoms with van der Waals surface area (Å²) in [5.41, 5.74) is 0.